The minimum atomic E-state index is -4.29. The average molecular weight is 1060 g/mol. The van der Waals surface area contributed by atoms with Crippen LogP contribution in [0.5, 0.6) is 0 Å². The Bertz CT molecular complexity index is 2130. The van der Waals surface area contributed by atoms with E-state index in [0.717, 1.165) is 19.2 Å². The van der Waals surface area contributed by atoms with Crippen molar-refractivity contribution in [1.29, 1.82) is 0 Å². The van der Waals surface area contributed by atoms with Crippen molar-refractivity contribution in [2.75, 3.05) is 42.3 Å². The van der Waals surface area contributed by atoms with E-state index in [1.54, 1.807) is 103 Å². The predicted octanol–water partition coefficient (Wildman–Crippen LogP) is 6.51. The standard InChI is InChI=1S/C30H24Cl6N4O4S4.3C3H7NO/c31-21-11-15-23(16-12-21)47(41,42)39-27(29(33,34)19-7-3-1-4-8-19)37-25(45)26(46)38-28(30(35,36)20-9-5-2-6-10-20)40-48(43,44)24-17-13-22(32)14-18-24;3*1-4(2)3-5/h1-18,27-28,39-40H,(H,37,45)(H,38,46);3*3H,1-2H3. The predicted molar refractivity (Wildman–Crippen MR) is 261 cm³/mol. The first-order valence-corrected chi connectivity index (χ1v) is 23.7. The zero-order valence-corrected chi connectivity index (χ0v) is 42.2. The van der Waals surface area contributed by atoms with E-state index in [-0.39, 0.29) is 19.8 Å². The van der Waals surface area contributed by atoms with Gasteiger partial charge in [0.25, 0.3) is 0 Å². The Kier molecular flexibility index (Phi) is 24.9. The summed E-state index contributed by atoms with van der Waals surface area (Å²) in [5.41, 5.74) is 0.619. The lowest BCUT2D eigenvalue weighted by Crippen LogP contribution is -2.61. The molecule has 2 atom stereocenters. The number of nitrogens with one attached hydrogen (secondary N) is 4. The molecule has 0 spiro atoms. The number of carbonyl (C=O) groups is 3. The first-order chi connectivity index (χ1) is 29.2. The Labute approximate surface area is 409 Å². The lowest BCUT2D eigenvalue weighted by molar-refractivity contribution is -0.116. The van der Waals surface area contributed by atoms with Gasteiger partial charge in [0.05, 0.1) is 9.79 Å². The highest BCUT2D eigenvalue weighted by Gasteiger charge is 2.43. The Morgan fingerprint density at radius 1 is 0.508 bits per heavy atom. The number of rotatable bonds is 15. The molecule has 0 radical (unpaired) electrons. The molecule has 4 N–H and O–H groups in total. The summed E-state index contributed by atoms with van der Waals surface area (Å²) in [4.78, 5) is 31.8. The highest BCUT2D eigenvalue weighted by atomic mass is 35.5. The van der Waals surface area contributed by atoms with E-state index in [2.05, 4.69) is 20.1 Å². The van der Waals surface area contributed by atoms with Gasteiger partial charge in [-0.05, 0) is 59.7 Å². The van der Waals surface area contributed by atoms with Crippen LogP contribution in [0.3, 0.4) is 0 Å². The molecule has 63 heavy (non-hydrogen) atoms. The van der Waals surface area contributed by atoms with Gasteiger partial charge in [-0.15, -0.1) is 0 Å². The van der Waals surface area contributed by atoms with Crippen molar-refractivity contribution in [2.45, 2.75) is 30.8 Å². The normalized spacial score (nSPS) is 12.1. The molecule has 14 nitrogen and oxygen atoms in total. The van der Waals surface area contributed by atoms with Gasteiger partial charge >= 0.3 is 0 Å². The first-order valence-electron chi connectivity index (χ1n) is 17.6. The van der Waals surface area contributed by atoms with Crippen LogP contribution in [0, 0.1) is 0 Å². The summed E-state index contributed by atoms with van der Waals surface area (Å²) in [6.45, 7) is 0. The van der Waals surface area contributed by atoms with Gasteiger partial charge in [-0.1, -0.05) is 155 Å². The smallest absolute Gasteiger partial charge is 0.242 e. The van der Waals surface area contributed by atoms with Gasteiger partial charge in [0.2, 0.25) is 39.3 Å². The maximum atomic E-state index is 13.4. The zero-order valence-electron chi connectivity index (χ0n) is 34.4. The third-order valence-corrected chi connectivity index (χ3v) is 13.1. The molecule has 24 heteroatoms. The Hall–Kier alpha value is -3.37. The monoisotopic (exact) mass is 1060 g/mol. The molecule has 4 aromatic carbocycles. The van der Waals surface area contributed by atoms with Gasteiger partial charge in [0.15, 0.2) is 8.67 Å². The molecule has 0 aliphatic rings. The second kappa shape index (κ2) is 27.2. The molecule has 0 saturated carbocycles. The summed E-state index contributed by atoms with van der Waals surface area (Å²) in [5.74, 6) is 0. The van der Waals surface area contributed by atoms with Crippen LogP contribution >= 0.6 is 94.0 Å². The van der Waals surface area contributed by atoms with Crippen LogP contribution in [-0.2, 0) is 43.1 Å². The lowest BCUT2D eigenvalue weighted by atomic mass is 10.1. The Morgan fingerprint density at radius 2 is 0.746 bits per heavy atom. The molecule has 4 rings (SSSR count). The average Bonchev–Trinajstić information content (AvgIpc) is 3.24. The molecule has 0 saturated heterocycles. The van der Waals surface area contributed by atoms with Crippen LogP contribution < -0.4 is 20.1 Å². The van der Waals surface area contributed by atoms with E-state index in [9.17, 15) is 31.2 Å². The zero-order chi connectivity index (χ0) is 48.2. The summed E-state index contributed by atoms with van der Waals surface area (Å²) in [6.07, 6.45) is -0.822. The molecule has 0 bridgehead atoms. The number of alkyl halides is 4. The largest absolute Gasteiger partial charge is 0.355 e. The van der Waals surface area contributed by atoms with Gasteiger partial charge in [0, 0.05) is 52.3 Å². The topological polar surface area (TPSA) is 177 Å². The van der Waals surface area contributed by atoms with Crippen molar-refractivity contribution in [1.82, 2.24) is 34.8 Å². The fourth-order valence-corrected chi connectivity index (χ4v) is 8.27. The summed E-state index contributed by atoms with van der Waals surface area (Å²) in [5, 5.41) is 6.16. The Morgan fingerprint density at radius 3 is 0.968 bits per heavy atom. The minimum absolute atomic E-state index is 0.142. The number of sulfonamides is 2. The molecule has 2 unspecified atom stereocenters. The lowest BCUT2D eigenvalue weighted by Gasteiger charge is -2.34. The fraction of sp³-hybridized carbons (Fsp3) is 0.256. The second-order valence-corrected chi connectivity index (χ2v) is 21.0. The van der Waals surface area contributed by atoms with E-state index in [4.69, 9.17) is 94.0 Å². The number of carbonyl (C=O) groups excluding carboxylic acids is 3. The number of nitrogens with zero attached hydrogens (tertiary/aromatic N) is 3. The quantitative estimate of drug-likeness (QED) is 0.0442. The minimum Gasteiger partial charge on any atom is -0.355 e. The molecular weight excluding hydrogens is 1020 g/mol. The summed E-state index contributed by atoms with van der Waals surface area (Å²) >= 11 is 50.2. The summed E-state index contributed by atoms with van der Waals surface area (Å²) in [6, 6.07) is 27.2. The first kappa shape index (κ1) is 57.6. The molecule has 0 heterocycles. The molecule has 0 aliphatic carbocycles. The summed E-state index contributed by atoms with van der Waals surface area (Å²) < 4.78 is 54.7. The van der Waals surface area contributed by atoms with Crippen molar-refractivity contribution in [3.8, 4) is 0 Å². The van der Waals surface area contributed by atoms with Crippen LogP contribution in [0.1, 0.15) is 11.1 Å². The number of benzene rings is 4. The van der Waals surface area contributed by atoms with Crippen molar-refractivity contribution in [3.05, 3.63) is 130 Å². The van der Waals surface area contributed by atoms with E-state index >= 15 is 0 Å². The van der Waals surface area contributed by atoms with E-state index < -0.39 is 41.0 Å². The van der Waals surface area contributed by atoms with Gasteiger partial charge in [0.1, 0.15) is 22.3 Å². The van der Waals surface area contributed by atoms with Gasteiger partial charge in [-0.3, -0.25) is 14.4 Å². The third kappa shape index (κ3) is 20.1. The second-order valence-electron chi connectivity index (χ2n) is 13.1. The van der Waals surface area contributed by atoms with Crippen molar-refractivity contribution >= 4 is 143 Å². The van der Waals surface area contributed by atoms with Crippen molar-refractivity contribution in [3.63, 3.8) is 0 Å². The SMILES string of the molecule is CN(C)C=O.CN(C)C=O.CN(C)C=O.O=S(=O)(NC(NC(=S)C(=S)NC(NS(=O)(=O)c1ccc(Cl)cc1)C(Cl)(Cl)c1ccccc1)C(Cl)(Cl)c1ccccc1)c1ccc(Cl)cc1. The third-order valence-electron chi connectivity index (χ3n) is 7.23. The number of hydrogen-bond donors (Lipinski definition) is 4. The number of halogens is 6. The van der Waals surface area contributed by atoms with Gasteiger partial charge < -0.3 is 25.3 Å². The van der Waals surface area contributed by atoms with Crippen LogP contribution in [0.2, 0.25) is 10.0 Å². The van der Waals surface area contributed by atoms with Gasteiger partial charge in [-0.2, -0.15) is 9.44 Å². The summed E-state index contributed by atoms with van der Waals surface area (Å²) in [7, 11) is 1.55. The highest BCUT2D eigenvalue weighted by molar-refractivity contribution is 7.90. The van der Waals surface area contributed by atoms with Gasteiger partial charge in [-0.25, -0.2) is 16.8 Å². The molecule has 4 aromatic rings. The van der Waals surface area contributed by atoms with Crippen LogP contribution in [-0.4, -0.2) is 115 Å². The fourth-order valence-electron chi connectivity index (χ4n) is 4.11. The maximum absolute atomic E-state index is 13.4. The Balaban J connectivity index is 0.00000114. The highest BCUT2D eigenvalue weighted by Crippen LogP contribution is 2.38. The van der Waals surface area contributed by atoms with E-state index in [1.807, 2.05) is 0 Å². The van der Waals surface area contributed by atoms with Crippen LogP contribution in [0.25, 0.3) is 0 Å². The molecule has 3 amide bonds. The number of amides is 3. The van der Waals surface area contributed by atoms with Crippen molar-refractivity contribution < 1.29 is 31.2 Å². The van der Waals surface area contributed by atoms with Crippen molar-refractivity contribution in [2.24, 2.45) is 0 Å². The number of thiocarbonyl (C=S) groups is 2. The number of hydrogen-bond acceptors (Lipinski definition) is 9. The van der Waals surface area contributed by atoms with E-state index in [0.29, 0.717) is 21.2 Å². The molecule has 0 aromatic heterocycles. The molecular formula is C39H45Cl6N7O7S4. The van der Waals surface area contributed by atoms with E-state index in [1.165, 1.54) is 63.2 Å². The maximum Gasteiger partial charge on any atom is 0.242 e. The molecule has 0 fully saturated rings. The van der Waals surface area contributed by atoms with Crippen LogP contribution in [0.15, 0.2) is 119 Å². The van der Waals surface area contributed by atoms with Crippen LogP contribution in [0.4, 0.5) is 0 Å². The molecule has 344 valence electrons. The molecule has 0 aliphatic heterocycles.